The number of carbonyl (C=O) groups is 3. The summed E-state index contributed by atoms with van der Waals surface area (Å²) in [6.45, 7) is 13.7. The Kier molecular flexibility index (Phi) is 46.2. The van der Waals surface area contributed by atoms with Crippen LogP contribution in [0.1, 0.15) is 305 Å². The molecule has 0 radical (unpaired) electrons. The molecule has 0 heterocycles. The fourth-order valence-electron chi connectivity index (χ4n) is 8.44. The first-order chi connectivity index (χ1) is 30.1. The van der Waals surface area contributed by atoms with Gasteiger partial charge in [-0.2, -0.15) is 0 Å². The number of ether oxygens (including phenoxy) is 3. The number of carbonyl (C=O) groups excluding carboxylic acids is 3. The van der Waals surface area contributed by atoms with E-state index in [0.29, 0.717) is 19.3 Å². The van der Waals surface area contributed by atoms with E-state index in [9.17, 15) is 14.4 Å². The summed E-state index contributed by atoms with van der Waals surface area (Å²) >= 11 is 0. The molecule has 0 aromatic rings. The molecule has 0 N–H and O–H groups in total. The number of esters is 3. The summed E-state index contributed by atoms with van der Waals surface area (Å²) in [6, 6.07) is 0. The molecule has 1 unspecified atom stereocenters. The average molecular weight is 877 g/mol. The predicted molar refractivity (Wildman–Crippen MR) is 266 cm³/mol. The van der Waals surface area contributed by atoms with Gasteiger partial charge in [0.25, 0.3) is 0 Å². The van der Waals surface area contributed by atoms with Crippen LogP contribution in [-0.2, 0) is 28.6 Å². The maximum atomic E-state index is 12.8. The minimum Gasteiger partial charge on any atom is -0.462 e. The lowest BCUT2D eigenvalue weighted by molar-refractivity contribution is -0.167. The van der Waals surface area contributed by atoms with Gasteiger partial charge in [0.2, 0.25) is 0 Å². The van der Waals surface area contributed by atoms with Crippen molar-refractivity contribution in [2.24, 2.45) is 17.8 Å². The monoisotopic (exact) mass is 877 g/mol. The molecule has 0 saturated heterocycles. The van der Waals surface area contributed by atoms with E-state index in [2.05, 4.69) is 41.5 Å². The number of hydrogen-bond donors (Lipinski definition) is 0. The summed E-state index contributed by atoms with van der Waals surface area (Å²) in [6.07, 6.45) is 48.0. The van der Waals surface area contributed by atoms with Gasteiger partial charge in [0, 0.05) is 19.3 Å². The van der Waals surface area contributed by atoms with Crippen molar-refractivity contribution in [3.8, 4) is 0 Å². The van der Waals surface area contributed by atoms with E-state index >= 15 is 0 Å². The number of rotatable bonds is 49. The van der Waals surface area contributed by atoms with Gasteiger partial charge in [-0.1, -0.05) is 266 Å². The zero-order valence-electron chi connectivity index (χ0n) is 42.7. The van der Waals surface area contributed by atoms with Crippen LogP contribution in [0.15, 0.2) is 0 Å². The molecule has 0 aliphatic carbocycles. The molecular formula is C56H108O6. The van der Waals surface area contributed by atoms with Gasteiger partial charge in [0.15, 0.2) is 6.10 Å². The summed E-state index contributed by atoms with van der Waals surface area (Å²) in [5.41, 5.74) is 0. The van der Waals surface area contributed by atoms with Gasteiger partial charge in [-0.15, -0.1) is 0 Å². The predicted octanol–water partition coefficient (Wildman–Crippen LogP) is 17.9. The van der Waals surface area contributed by atoms with Crippen LogP contribution in [0, 0.1) is 17.8 Å². The van der Waals surface area contributed by atoms with Crippen LogP contribution in [0.25, 0.3) is 0 Å². The van der Waals surface area contributed by atoms with E-state index in [1.807, 2.05) is 0 Å². The fourth-order valence-corrected chi connectivity index (χ4v) is 8.44. The first kappa shape index (κ1) is 60.4. The van der Waals surface area contributed by atoms with Gasteiger partial charge in [-0.05, 0) is 37.0 Å². The Morgan fingerprint density at radius 2 is 0.565 bits per heavy atom. The van der Waals surface area contributed by atoms with Crippen LogP contribution >= 0.6 is 0 Å². The second-order valence-corrected chi connectivity index (χ2v) is 20.4. The second kappa shape index (κ2) is 47.4. The minimum absolute atomic E-state index is 0.0644. The highest BCUT2D eigenvalue weighted by molar-refractivity contribution is 5.71. The van der Waals surface area contributed by atoms with Crippen LogP contribution < -0.4 is 0 Å². The molecule has 0 saturated carbocycles. The van der Waals surface area contributed by atoms with Crippen LogP contribution in [0.4, 0.5) is 0 Å². The molecular weight excluding hydrogens is 769 g/mol. The smallest absolute Gasteiger partial charge is 0.306 e. The van der Waals surface area contributed by atoms with Crippen molar-refractivity contribution in [3.05, 3.63) is 0 Å². The largest absolute Gasteiger partial charge is 0.462 e. The molecule has 0 rings (SSSR count). The van der Waals surface area contributed by atoms with Crippen molar-refractivity contribution in [3.63, 3.8) is 0 Å². The Balaban J connectivity index is 4.27. The summed E-state index contributed by atoms with van der Waals surface area (Å²) in [5.74, 6) is 1.67. The minimum atomic E-state index is -0.763. The summed E-state index contributed by atoms with van der Waals surface area (Å²) in [5, 5.41) is 0. The highest BCUT2D eigenvalue weighted by atomic mass is 16.6. The summed E-state index contributed by atoms with van der Waals surface area (Å²) < 4.78 is 16.8. The van der Waals surface area contributed by atoms with Crippen molar-refractivity contribution in [1.29, 1.82) is 0 Å². The molecule has 0 aromatic carbocycles. The molecule has 0 spiro atoms. The zero-order chi connectivity index (χ0) is 45.6. The van der Waals surface area contributed by atoms with Gasteiger partial charge in [0.05, 0.1) is 0 Å². The summed E-state index contributed by atoms with van der Waals surface area (Å²) in [4.78, 5) is 38.0. The van der Waals surface area contributed by atoms with Crippen molar-refractivity contribution in [2.45, 2.75) is 311 Å². The van der Waals surface area contributed by atoms with Gasteiger partial charge < -0.3 is 14.2 Å². The van der Waals surface area contributed by atoms with Crippen molar-refractivity contribution < 1.29 is 28.6 Å². The highest BCUT2D eigenvalue weighted by Gasteiger charge is 2.19. The lowest BCUT2D eigenvalue weighted by Gasteiger charge is -2.18. The van der Waals surface area contributed by atoms with Crippen LogP contribution in [0.2, 0.25) is 0 Å². The van der Waals surface area contributed by atoms with E-state index in [0.717, 1.165) is 75.5 Å². The van der Waals surface area contributed by atoms with Crippen molar-refractivity contribution in [1.82, 2.24) is 0 Å². The van der Waals surface area contributed by atoms with E-state index in [1.165, 1.54) is 186 Å². The molecule has 0 aliphatic heterocycles. The third kappa shape index (κ3) is 47.9. The van der Waals surface area contributed by atoms with E-state index in [4.69, 9.17) is 14.2 Å². The Morgan fingerprint density at radius 1 is 0.323 bits per heavy atom. The molecule has 6 nitrogen and oxygen atoms in total. The maximum absolute atomic E-state index is 12.8. The lowest BCUT2D eigenvalue weighted by Crippen LogP contribution is -2.30. The molecule has 62 heavy (non-hydrogen) atoms. The lowest BCUT2D eigenvalue weighted by atomic mass is 9.99. The highest BCUT2D eigenvalue weighted by Crippen LogP contribution is 2.18. The molecule has 6 heteroatoms. The Labute approximate surface area is 387 Å². The first-order valence-electron chi connectivity index (χ1n) is 27.6. The molecule has 0 bridgehead atoms. The Hall–Kier alpha value is -1.59. The number of hydrogen-bond acceptors (Lipinski definition) is 6. The van der Waals surface area contributed by atoms with Crippen LogP contribution in [0.5, 0.6) is 0 Å². The molecule has 0 aliphatic rings. The zero-order valence-corrected chi connectivity index (χ0v) is 42.7. The quantitative estimate of drug-likeness (QED) is 0.0344. The molecule has 368 valence electrons. The first-order valence-corrected chi connectivity index (χ1v) is 27.6. The molecule has 0 fully saturated rings. The topological polar surface area (TPSA) is 78.9 Å². The normalized spacial score (nSPS) is 12.6. The Bertz CT molecular complexity index is 962. The SMILES string of the molecule is CCC(C)CCCCCCCCCCC(=O)OC[C@H](COC(=O)CCCCCCCCCCCCCCCCCCC(C)C)OC(=O)CCCCCCCCCCCCC(C)C. The van der Waals surface area contributed by atoms with Crippen molar-refractivity contribution in [2.75, 3.05) is 13.2 Å². The molecule has 0 amide bonds. The van der Waals surface area contributed by atoms with E-state index in [1.54, 1.807) is 0 Å². The average Bonchev–Trinajstić information content (AvgIpc) is 3.24. The number of unbranched alkanes of at least 4 members (excludes halogenated alkanes) is 31. The van der Waals surface area contributed by atoms with Gasteiger partial charge in [0.1, 0.15) is 13.2 Å². The van der Waals surface area contributed by atoms with Gasteiger partial charge in [-0.25, -0.2) is 0 Å². The van der Waals surface area contributed by atoms with Crippen LogP contribution in [0.3, 0.4) is 0 Å². The third-order valence-electron chi connectivity index (χ3n) is 13.0. The van der Waals surface area contributed by atoms with E-state index < -0.39 is 6.10 Å². The van der Waals surface area contributed by atoms with Gasteiger partial charge in [-0.3, -0.25) is 14.4 Å². The molecule has 2 atom stereocenters. The third-order valence-corrected chi connectivity index (χ3v) is 13.0. The van der Waals surface area contributed by atoms with E-state index in [-0.39, 0.29) is 31.1 Å². The molecule has 0 aromatic heterocycles. The van der Waals surface area contributed by atoms with Crippen LogP contribution in [-0.4, -0.2) is 37.2 Å². The standard InChI is InChI=1S/C56H108O6/c1-7-52(6)44-38-32-26-22-23-28-34-40-46-55(58)61-49-53(62-56(59)47-41-35-29-21-17-16-19-25-31-37-43-51(4)5)48-60-54(57)45-39-33-27-20-15-13-11-9-8-10-12-14-18-24-30-36-42-50(2)3/h50-53H,7-49H2,1-6H3/t52?,53-/m0/s1. The van der Waals surface area contributed by atoms with Crippen molar-refractivity contribution >= 4 is 17.9 Å². The summed E-state index contributed by atoms with van der Waals surface area (Å²) in [7, 11) is 0. The fraction of sp³-hybridized carbons (Fsp3) is 0.946. The van der Waals surface area contributed by atoms with Gasteiger partial charge >= 0.3 is 17.9 Å². The second-order valence-electron chi connectivity index (χ2n) is 20.4. The maximum Gasteiger partial charge on any atom is 0.306 e. The Morgan fingerprint density at radius 3 is 0.839 bits per heavy atom.